The summed E-state index contributed by atoms with van der Waals surface area (Å²) < 4.78 is 31.1. The maximum atomic E-state index is 14.6. The monoisotopic (exact) mass is 748 g/mol. The molecular weight excluding hydrogens is 688 g/mol. The van der Waals surface area contributed by atoms with Crippen LogP contribution in [0, 0.1) is 29.6 Å². The van der Waals surface area contributed by atoms with Crippen LogP contribution in [0.5, 0.6) is 0 Å². The van der Waals surface area contributed by atoms with Crippen molar-refractivity contribution in [3.05, 3.63) is 30.1 Å². The van der Waals surface area contributed by atoms with Crippen molar-refractivity contribution in [1.29, 1.82) is 0 Å². The quantitative estimate of drug-likeness (QED) is 0.283. The Bertz CT molecular complexity index is 1410. The van der Waals surface area contributed by atoms with Crippen LogP contribution in [0.4, 0.5) is 0 Å². The highest BCUT2D eigenvalue weighted by atomic mass is 32.2. The van der Waals surface area contributed by atoms with E-state index in [2.05, 4.69) is 4.98 Å². The molecule has 3 saturated heterocycles. The first-order chi connectivity index (χ1) is 24.4. The predicted molar refractivity (Wildman–Crippen MR) is 196 cm³/mol. The van der Waals surface area contributed by atoms with Crippen molar-refractivity contribution in [1.82, 2.24) is 9.88 Å². The number of likely N-dealkylation sites (N-methyl/N-ethyl adjacent to an activating group) is 1. The standard InChI is InChI=1S/C39H60N2O10S/c1-12-28-39(8)29(33(36(46)51-39)52-18-16-26-15-13-14-17-40-26)23(4)30(42)21(2)20-38(7,47-11)34(24(5)31(43)25(6)35(45)49-28)50-37-32(44)27(41(9)10)19-22(3)48-37/h13-15,17,21-25,27-29,32-34,37,44H,12,16,18-20H2,1-11H3/t21-,22-,23-,24+,25-,27+,28-,29+,32-,33+,34-,37+,38-,39-/m1/s1. The Balaban J connectivity index is 1.74. The minimum Gasteiger partial charge on any atom is -0.458 e. The number of methoxy groups -OCH3 is 1. The van der Waals surface area contributed by atoms with Crippen LogP contribution in [0.3, 0.4) is 0 Å². The molecule has 14 atom stereocenters. The zero-order valence-corrected chi connectivity index (χ0v) is 33.5. The first-order valence-corrected chi connectivity index (χ1v) is 19.7. The predicted octanol–water partition coefficient (Wildman–Crippen LogP) is 4.28. The van der Waals surface area contributed by atoms with Gasteiger partial charge < -0.3 is 33.7 Å². The van der Waals surface area contributed by atoms with Gasteiger partial charge >= 0.3 is 11.9 Å². The zero-order valence-electron chi connectivity index (χ0n) is 32.7. The van der Waals surface area contributed by atoms with E-state index in [0.29, 0.717) is 25.0 Å². The van der Waals surface area contributed by atoms with Gasteiger partial charge in [-0.15, -0.1) is 11.8 Å². The van der Waals surface area contributed by atoms with Gasteiger partial charge in [-0.25, -0.2) is 0 Å². The molecule has 0 saturated carbocycles. The number of nitrogens with zero attached hydrogens (tertiary/aromatic N) is 2. The molecule has 0 amide bonds. The summed E-state index contributed by atoms with van der Waals surface area (Å²) in [5, 5.41) is 10.7. The lowest BCUT2D eigenvalue weighted by Crippen LogP contribution is -2.59. The topological polar surface area (TPSA) is 151 Å². The van der Waals surface area contributed by atoms with E-state index in [1.807, 2.05) is 64.9 Å². The SMILES string of the molecule is CC[C@H]1OC(=O)[C@H](C)C(=O)[C@H](C)[C@@H](O[C@@H]2O[C@H](C)C[C@H](N(C)C)[C@H]2O)[C@](C)(OC)C[C@@H](C)C(=O)[C@H](C)[C@H]2[C@H](SCCc3ccccn3)C(=O)O[C@@]21C. The summed E-state index contributed by atoms with van der Waals surface area (Å²) in [4.78, 5) is 62.7. The van der Waals surface area contributed by atoms with Crippen molar-refractivity contribution in [3.8, 4) is 0 Å². The van der Waals surface area contributed by atoms with Crippen LogP contribution in [0.1, 0.15) is 80.3 Å². The van der Waals surface area contributed by atoms with Crippen molar-refractivity contribution in [2.24, 2.45) is 29.6 Å². The maximum Gasteiger partial charge on any atom is 0.320 e. The minimum absolute atomic E-state index is 0.118. The fourth-order valence-electron chi connectivity index (χ4n) is 8.58. The van der Waals surface area contributed by atoms with Crippen LogP contribution in [0.2, 0.25) is 0 Å². The van der Waals surface area contributed by atoms with Crippen molar-refractivity contribution >= 4 is 35.3 Å². The van der Waals surface area contributed by atoms with Gasteiger partial charge in [0, 0.05) is 48.7 Å². The molecule has 1 aromatic rings. The average Bonchev–Trinajstić information content (AvgIpc) is 3.37. The van der Waals surface area contributed by atoms with Crippen LogP contribution >= 0.6 is 11.8 Å². The van der Waals surface area contributed by atoms with Crippen LogP contribution < -0.4 is 0 Å². The van der Waals surface area contributed by atoms with Gasteiger partial charge in [0.05, 0.1) is 17.8 Å². The van der Waals surface area contributed by atoms with Gasteiger partial charge in [-0.2, -0.15) is 0 Å². The van der Waals surface area contributed by atoms with Gasteiger partial charge in [-0.3, -0.25) is 24.2 Å². The summed E-state index contributed by atoms with van der Waals surface area (Å²) in [6.45, 7) is 14.1. The number of aromatic nitrogens is 1. The van der Waals surface area contributed by atoms with Gasteiger partial charge in [0.1, 0.15) is 29.2 Å². The van der Waals surface area contributed by atoms with Gasteiger partial charge in [-0.05, 0) is 85.4 Å². The number of fused-ring (bicyclic) bond motifs is 1. The van der Waals surface area contributed by atoms with E-state index in [0.717, 1.165) is 5.69 Å². The number of ether oxygens (including phenoxy) is 5. The number of hydrogen-bond donors (Lipinski definition) is 1. The molecule has 12 nitrogen and oxygen atoms in total. The molecule has 0 aliphatic carbocycles. The zero-order chi connectivity index (χ0) is 38.7. The summed E-state index contributed by atoms with van der Waals surface area (Å²) in [6.07, 6.45) is -0.983. The Morgan fingerprint density at radius 1 is 1.02 bits per heavy atom. The Kier molecular flexibility index (Phi) is 14.1. The minimum atomic E-state index is -1.33. The number of aliphatic hydroxyl groups excluding tert-OH is 1. The van der Waals surface area contributed by atoms with E-state index in [-0.39, 0.29) is 24.3 Å². The fourth-order valence-corrected chi connectivity index (χ4v) is 10.1. The maximum absolute atomic E-state index is 14.6. The Hall–Kier alpha value is -2.42. The van der Waals surface area contributed by atoms with Crippen molar-refractivity contribution in [2.45, 2.75) is 134 Å². The number of cyclic esters (lactones) is 1. The van der Waals surface area contributed by atoms with Crippen LogP contribution in [0.25, 0.3) is 0 Å². The molecule has 3 fully saturated rings. The van der Waals surface area contributed by atoms with E-state index < -0.39 is 88.4 Å². The number of thioether (sulfide) groups is 1. The van der Waals surface area contributed by atoms with Crippen LogP contribution in [-0.2, 0) is 49.3 Å². The molecule has 1 N–H and O–H groups in total. The number of pyridine rings is 1. The van der Waals surface area contributed by atoms with E-state index in [1.165, 1.54) is 25.8 Å². The summed E-state index contributed by atoms with van der Waals surface area (Å²) in [5.74, 6) is -5.32. The number of hydrogen-bond acceptors (Lipinski definition) is 13. The Morgan fingerprint density at radius 3 is 2.31 bits per heavy atom. The second-order valence-electron chi connectivity index (χ2n) is 15.7. The molecule has 0 spiro atoms. The lowest BCUT2D eigenvalue weighted by atomic mass is 9.70. The van der Waals surface area contributed by atoms with E-state index in [1.54, 1.807) is 27.0 Å². The third-order valence-electron chi connectivity index (χ3n) is 11.7. The van der Waals surface area contributed by atoms with Crippen molar-refractivity contribution in [3.63, 3.8) is 0 Å². The first kappa shape index (κ1) is 42.3. The number of carbonyl (C=O) groups is 4. The normalized spacial score (nSPS) is 40.9. The lowest BCUT2D eigenvalue weighted by molar-refractivity contribution is -0.295. The summed E-state index contributed by atoms with van der Waals surface area (Å²) in [7, 11) is 5.25. The molecule has 52 heavy (non-hydrogen) atoms. The number of esters is 2. The highest BCUT2D eigenvalue weighted by Gasteiger charge is 2.61. The summed E-state index contributed by atoms with van der Waals surface area (Å²) >= 11 is 1.42. The number of Topliss-reactive ketones (excluding diaryl/α,β-unsaturated/α-hetero) is 2. The molecule has 292 valence electrons. The van der Waals surface area contributed by atoms with E-state index >= 15 is 0 Å². The largest absolute Gasteiger partial charge is 0.458 e. The van der Waals surface area contributed by atoms with Gasteiger partial charge in [0.25, 0.3) is 0 Å². The molecular formula is C39H60N2O10S. The molecule has 3 aliphatic heterocycles. The highest BCUT2D eigenvalue weighted by molar-refractivity contribution is 8.00. The molecule has 1 aromatic heterocycles. The molecule has 0 radical (unpaired) electrons. The number of aryl methyl sites for hydroxylation is 1. The van der Waals surface area contributed by atoms with Crippen LogP contribution in [-0.4, -0.2) is 119 Å². The molecule has 0 unspecified atom stereocenters. The van der Waals surface area contributed by atoms with Crippen LogP contribution in [0.15, 0.2) is 24.4 Å². The summed E-state index contributed by atoms with van der Waals surface area (Å²) in [5.41, 5.74) is -1.69. The van der Waals surface area contributed by atoms with Crippen molar-refractivity contribution < 1.29 is 48.0 Å². The first-order valence-electron chi connectivity index (χ1n) is 18.6. The number of carbonyl (C=O) groups excluding carboxylic acids is 4. The molecule has 13 heteroatoms. The third-order valence-corrected chi connectivity index (χ3v) is 13.0. The second kappa shape index (κ2) is 17.4. The van der Waals surface area contributed by atoms with Gasteiger partial charge in [-0.1, -0.05) is 33.8 Å². The molecule has 0 aromatic carbocycles. The Morgan fingerprint density at radius 2 is 1.71 bits per heavy atom. The number of aliphatic hydroxyl groups is 1. The van der Waals surface area contributed by atoms with Gasteiger partial charge in [0.2, 0.25) is 0 Å². The second-order valence-corrected chi connectivity index (χ2v) is 16.9. The van der Waals surface area contributed by atoms with Crippen molar-refractivity contribution in [2.75, 3.05) is 27.0 Å². The van der Waals surface area contributed by atoms with E-state index in [9.17, 15) is 24.3 Å². The molecule has 3 aliphatic rings. The highest BCUT2D eigenvalue weighted by Crippen LogP contribution is 2.49. The number of ketones is 2. The average molecular weight is 749 g/mol. The fraction of sp³-hybridized carbons (Fsp3) is 0.769. The Labute approximate surface area is 313 Å². The van der Waals surface area contributed by atoms with E-state index in [4.69, 9.17) is 23.7 Å². The molecule has 4 rings (SSSR count). The third kappa shape index (κ3) is 8.76. The summed E-state index contributed by atoms with van der Waals surface area (Å²) in [6, 6.07) is 5.41. The molecule has 4 heterocycles. The lowest BCUT2D eigenvalue weighted by Gasteiger charge is -2.47. The van der Waals surface area contributed by atoms with Gasteiger partial charge in [0.15, 0.2) is 17.7 Å². The molecule has 0 bridgehead atoms. The smallest absolute Gasteiger partial charge is 0.320 e. The number of rotatable bonds is 9.